The number of carbonyl (C=O) groups is 2. The first-order chi connectivity index (χ1) is 8.13. The lowest BCUT2D eigenvalue weighted by molar-refractivity contribution is -0.117. The summed E-state index contributed by atoms with van der Waals surface area (Å²) in [5, 5.41) is 2.50. The number of primary amides is 1. The standard InChI is InChI=1S/C12H14N2O3/c1-17-8-14-11(15)6-5-9-3-2-4-10(7-9)12(13)16/h2-7H,8H2,1H3,(H2,13,16)(H,14,15)/b6-5+. The van der Waals surface area contributed by atoms with Gasteiger partial charge in [0.25, 0.3) is 0 Å². The molecule has 0 aromatic heterocycles. The maximum absolute atomic E-state index is 11.2. The Morgan fingerprint density at radius 3 is 2.88 bits per heavy atom. The van der Waals surface area contributed by atoms with E-state index in [1.54, 1.807) is 30.3 Å². The van der Waals surface area contributed by atoms with E-state index in [1.165, 1.54) is 13.2 Å². The number of benzene rings is 1. The maximum Gasteiger partial charge on any atom is 0.248 e. The third kappa shape index (κ3) is 4.48. The summed E-state index contributed by atoms with van der Waals surface area (Å²) in [5.41, 5.74) is 6.28. The number of carbonyl (C=O) groups excluding carboxylic acids is 2. The van der Waals surface area contributed by atoms with Crippen LogP contribution in [-0.2, 0) is 9.53 Å². The molecule has 0 atom stereocenters. The van der Waals surface area contributed by atoms with Gasteiger partial charge in [-0.05, 0) is 23.8 Å². The van der Waals surface area contributed by atoms with Gasteiger partial charge in [0.1, 0.15) is 6.73 Å². The Morgan fingerprint density at radius 1 is 1.47 bits per heavy atom. The van der Waals surface area contributed by atoms with Crippen LogP contribution in [0.1, 0.15) is 15.9 Å². The van der Waals surface area contributed by atoms with Crippen molar-refractivity contribution in [1.82, 2.24) is 5.32 Å². The Hall–Kier alpha value is -2.14. The Bertz CT molecular complexity index is 441. The van der Waals surface area contributed by atoms with Crippen molar-refractivity contribution in [2.45, 2.75) is 0 Å². The van der Waals surface area contributed by atoms with Crippen molar-refractivity contribution in [3.63, 3.8) is 0 Å². The highest BCUT2D eigenvalue weighted by Gasteiger charge is 1.99. The summed E-state index contributed by atoms with van der Waals surface area (Å²) in [6.07, 6.45) is 2.95. The predicted molar refractivity (Wildman–Crippen MR) is 64.0 cm³/mol. The first-order valence-corrected chi connectivity index (χ1v) is 4.98. The Morgan fingerprint density at radius 2 is 2.24 bits per heavy atom. The number of rotatable bonds is 5. The second-order valence-corrected chi connectivity index (χ2v) is 3.30. The number of amides is 2. The fourth-order valence-electron chi connectivity index (χ4n) is 1.17. The fourth-order valence-corrected chi connectivity index (χ4v) is 1.17. The Balaban J connectivity index is 2.68. The minimum absolute atomic E-state index is 0.157. The van der Waals surface area contributed by atoms with Crippen molar-refractivity contribution < 1.29 is 14.3 Å². The van der Waals surface area contributed by atoms with Crippen LogP contribution in [0.5, 0.6) is 0 Å². The van der Waals surface area contributed by atoms with E-state index in [4.69, 9.17) is 5.73 Å². The Kier molecular flexibility index (Phi) is 4.90. The normalized spacial score (nSPS) is 10.4. The number of nitrogens with one attached hydrogen (secondary N) is 1. The summed E-state index contributed by atoms with van der Waals surface area (Å²) in [4.78, 5) is 22.2. The Labute approximate surface area is 99.3 Å². The van der Waals surface area contributed by atoms with E-state index in [2.05, 4.69) is 10.1 Å². The van der Waals surface area contributed by atoms with Gasteiger partial charge in [0.2, 0.25) is 11.8 Å². The quantitative estimate of drug-likeness (QED) is 0.575. The van der Waals surface area contributed by atoms with Crippen molar-refractivity contribution in [1.29, 1.82) is 0 Å². The lowest BCUT2D eigenvalue weighted by Crippen LogP contribution is -2.22. The van der Waals surface area contributed by atoms with E-state index in [1.807, 2.05) is 0 Å². The van der Waals surface area contributed by atoms with Crippen molar-refractivity contribution in [2.75, 3.05) is 13.8 Å². The third-order valence-corrected chi connectivity index (χ3v) is 1.99. The molecule has 0 bridgehead atoms. The highest BCUT2D eigenvalue weighted by atomic mass is 16.5. The molecule has 0 aliphatic heterocycles. The summed E-state index contributed by atoms with van der Waals surface area (Å²) in [6.45, 7) is 0.157. The highest BCUT2D eigenvalue weighted by molar-refractivity contribution is 5.94. The van der Waals surface area contributed by atoms with Gasteiger partial charge in [-0.3, -0.25) is 9.59 Å². The molecule has 5 heteroatoms. The van der Waals surface area contributed by atoms with Crippen LogP contribution < -0.4 is 11.1 Å². The zero-order valence-corrected chi connectivity index (χ0v) is 9.47. The molecule has 17 heavy (non-hydrogen) atoms. The number of methoxy groups -OCH3 is 1. The molecule has 0 heterocycles. The molecule has 0 aliphatic rings. The monoisotopic (exact) mass is 234 g/mol. The molecule has 5 nitrogen and oxygen atoms in total. The van der Waals surface area contributed by atoms with E-state index in [0.29, 0.717) is 5.56 Å². The van der Waals surface area contributed by atoms with Crippen molar-refractivity contribution in [3.8, 4) is 0 Å². The van der Waals surface area contributed by atoms with Gasteiger partial charge in [0.15, 0.2) is 0 Å². The summed E-state index contributed by atoms with van der Waals surface area (Å²) < 4.78 is 4.69. The molecular formula is C12H14N2O3. The highest BCUT2D eigenvalue weighted by Crippen LogP contribution is 2.06. The minimum Gasteiger partial charge on any atom is -0.366 e. The molecule has 0 unspecified atom stereocenters. The van der Waals surface area contributed by atoms with E-state index >= 15 is 0 Å². The van der Waals surface area contributed by atoms with Crippen LogP contribution in [0.15, 0.2) is 30.3 Å². The molecule has 2 amide bonds. The molecule has 0 spiro atoms. The van der Waals surface area contributed by atoms with E-state index in [0.717, 1.165) is 5.56 Å². The molecule has 0 aliphatic carbocycles. The van der Waals surface area contributed by atoms with Crippen LogP contribution in [-0.4, -0.2) is 25.7 Å². The number of hydrogen-bond acceptors (Lipinski definition) is 3. The van der Waals surface area contributed by atoms with Gasteiger partial charge in [-0.15, -0.1) is 0 Å². The van der Waals surface area contributed by atoms with Crippen molar-refractivity contribution in [2.24, 2.45) is 5.73 Å². The average Bonchev–Trinajstić information content (AvgIpc) is 2.34. The molecule has 0 saturated heterocycles. The van der Waals surface area contributed by atoms with Crippen molar-refractivity contribution in [3.05, 3.63) is 41.5 Å². The lowest BCUT2D eigenvalue weighted by Gasteiger charge is -1.99. The number of ether oxygens (including phenoxy) is 1. The smallest absolute Gasteiger partial charge is 0.248 e. The molecule has 3 N–H and O–H groups in total. The van der Waals surface area contributed by atoms with E-state index in [9.17, 15) is 9.59 Å². The molecule has 0 radical (unpaired) electrons. The lowest BCUT2D eigenvalue weighted by atomic mass is 10.1. The third-order valence-electron chi connectivity index (χ3n) is 1.99. The van der Waals surface area contributed by atoms with Crippen molar-refractivity contribution >= 4 is 17.9 Å². The van der Waals surface area contributed by atoms with E-state index in [-0.39, 0.29) is 12.6 Å². The molecule has 1 aromatic rings. The molecular weight excluding hydrogens is 220 g/mol. The summed E-state index contributed by atoms with van der Waals surface area (Å²) in [6, 6.07) is 6.70. The molecule has 1 rings (SSSR count). The van der Waals surface area contributed by atoms with Gasteiger partial charge < -0.3 is 15.8 Å². The van der Waals surface area contributed by atoms with Gasteiger partial charge in [-0.1, -0.05) is 12.1 Å². The van der Waals surface area contributed by atoms with Gasteiger partial charge in [-0.2, -0.15) is 0 Å². The van der Waals surface area contributed by atoms with Crippen LogP contribution in [0.3, 0.4) is 0 Å². The second kappa shape index (κ2) is 6.44. The number of hydrogen-bond donors (Lipinski definition) is 2. The summed E-state index contributed by atoms with van der Waals surface area (Å²) in [5.74, 6) is -0.764. The number of nitrogens with two attached hydrogens (primary N) is 1. The van der Waals surface area contributed by atoms with Gasteiger partial charge in [-0.25, -0.2) is 0 Å². The van der Waals surface area contributed by atoms with Gasteiger partial charge in [0.05, 0.1) is 0 Å². The SMILES string of the molecule is COCNC(=O)/C=C/c1cccc(C(N)=O)c1. The van der Waals surface area contributed by atoms with Crippen LogP contribution in [0.2, 0.25) is 0 Å². The summed E-state index contributed by atoms with van der Waals surface area (Å²) in [7, 11) is 1.49. The fraction of sp³-hybridized carbons (Fsp3) is 0.167. The minimum atomic E-state index is -0.496. The summed E-state index contributed by atoms with van der Waals surface area (Å²) >= 11 is 0. The van der Waals surface area contributed by atoms with Gasteiger partial charge >= 0.3 is 0 Å². The predicted octanol–water partition coefficient (Wildman–Crippen LogP) is 0.519. The van der Waals surface area contributed by atoms with Crippen LogP contribution >= 0.6 is 0 Å². The molecule has 0 saturated carbocycles. The molecule has 1 aromatic carbocycles. The van der Waals surface area contributed by atoms with Crippen LogP contribution in [0, 0.1) is 0 Å². The topological polar surface area (TPSA) is 81.4 Å². The largest absolute Gasteiger partial charge is 0.366 e. The van der Waals surface area contributed by atoms with Crippen LogP contribution in [0.4, 0.5) is 0 Å². The zero-order chi connectivity index (χ0) is 12.7. The molecule has 90 valence electrons. The van der Waals surface area contributed by atoms with Crippen LogP contribution in [0.25, 0.3) is 6.08 Å². The molecule has 0 fully saturated rings. The van der Waals surface area contributed by atoms with E-state index < -0.39 is 5.91 Å². The zero-order valence-electron chi connectivity index (χ0n) is 9.47. The average molecular weight is 234 g/mol. The maximum atomic E-state index is 11.2. The first-order valence-electron chi connectivity index (χ1n) is 4.98. The second-order valence-electron chi connectivity index (χ2n) is 3.30. The van der Waals surface area contributed by atoms with Gasteiger partial charge in [0, 0.05) is 18.7 Å². The first kappa shape index (κ1) is 12.9.